The summed E-state index contributed by atoms with van der Waals surface area (Å²) < 4.78 is 8.69. The fraction of sp³-hybridized carbons (Fsp3) is 0.0323. The molecule has 5 aromatic carbocycles. The van der Waals surface area contributed by atoms with Gasteiger partial charge >= 0.3 is 0 Å². The number of aryl methyl sites for hydroxylation is 1. The Hall–Kier alpha value is -4.30. The first-order valence-corrected chi connectivity index (χ1v) is 11.3. The maximum absolute atomic E-state index is 6.26. The van der Waals surface area contributed by atoms with Crippen LogP contribution in [0.3, 0.4) is 0 Å². The first kappa shape index (κ1) is 18.3. The highest BCUT2D eigenvalue weighted by Gasteiger charge is 2.20. The molecule has 0 unspecified atom stereocenters. The zero-order chi connectivity index (χ0) is 21.9. The Kier molecular flexibility index (Phi) is 3.80. The number of furan rings is 1. The highest BCUT2D eigenvalue weighted by atomic mass is 16.3. The number of hydrogen-bond donors (Lipinski definition) is 0. The van der Waals surface area contributed by atoms with Gasteiger partial charge in [-0.1, -0.05) is 84.4 Å². The molecule has 2 aromatic heterocycles. The zero-order valence-electron chi connectivity index (χ0n) is 18.2. The van der Waals surface area contributed by atoms with Gasteiger partial charge in [0.05, 0.1) is 22.1 Å². The number of hydrogen-bond acceptors (Lipinski definition) is 1. The van der Waals surface area contributed by atoms with Crippen molar-refractivity contribution >= 4 is 43.7 Å². The molecule has 0 bridgehead atoms. The summed E-state index contributed by atoms with van der Waals surface area (Å²) in [7, 11) is 0. The molecule has 0 aliphatic heterocycles. The number of nitrogens with zero attached hydrogens (tertiary/aromatic N) is 1. The van der Waals surface area contributed by atoms with Crippen LogP contribution in [0, 0.1) is 6.92 Å². The third kappa shape index (κ3) is 2.61. The lowest BCUT2D eigenvalue weighted by Gasteiger charge is -2.15. The van der Waals surface area contributed by atoms with Gasteiger partial charge in [-0.15, -0.1) is 0 Å². The lowest BCUT2D eigenvalue weighted by atomic mass is 10.0. The van der Waals surface area contributed by atoms with Crippen LogP contribution in [-0.4, -0.2) is 4.57 Å². The van der Waals surface area contributed by atoms with Gasteiger partial charge in [0, 0.05) is 21.7 Å². The molecule has 2 heteroatoms. The van der Waals surface area contributed by atoms with Crippen LogP contribution in [0.5, 0.6) is 0 Å². The molecule has 0 spiro atoms. The molecule has 0 fully saturated rings. The normalized spacial score (nSPS) is 11.8. The molecule has 0 amide bonds. The quantitative estimate of drug-likeness (QED) is 0.272. The van der Waals surface area contributed by atoms with E-state index in [2.05, 4.69) is 115 Å². The van der Waals surface area contributed by atoms with Crippen molar-refractivity contribution < 1.29 is 4.42 Å². The lowest BCUT2D eigenvalue weighted by molar-refractivity contribution is 0.669. The summed E-state index contributed by atoms with van der Waals surface area (Å²) in [4.78, 5) is 0. The van der Waals surface area contributed by atoms with E-state index in [0.29, 0.717) is 0 Å². The van der Waals surface area contributed by atoms with Gasteiger partial charge < -0.3 is 8.98 Å². The summed E-state index contributed by atoms with van der Waals surface area (Å²) in [5.74, 6) is 0. The number of para-hydroxylation sites is 3. The second-order valence-corrected chi connectivity index (χ2v) is 8.67. The summed E-state index contributed by atoms with van der Waals surface area (Å²) in [5, 5.41) is 4.80. The van der Waals surface area contributed by atoms with Crippen molar-refractivity contribution in [3.8, 4) is 16.8 Å². The van der Waals surface area contributed by atoms with Crippen LogP contribution in [0.15, 0.2) is 114 Å². The zero-order valence-corrected chi connectivity index (χ0v) is 18.2. The molecule has 0 N–H and O–H groups in total. The number of aromatic nitrogens is 1. The number of rotatable bonds is 2. The fourth-order valence-electron chi connectivity index (χ4n) is 5.24. The summed E-state index contributed by atoms with van der Waals surface area (Å²) in [6, 6.07) is 38.8. The largest absolute Gasteiger partial charge is 0.456 e. The Bertz CT molecular complexity index is 1830. The SMILES string of the molecule is Cc1cccc(-c2ccccc2-n2c3ccccc3c3ccc4oc5ccccc5c4c32)c1. The average molecular weight is 424 g/mol. The molecule has 2 nitrogen and oxygen atoms in total. The van der Waals surface area contributed by atoms with Crippen LogP contribution in [-0.2, 0) is 0 Å². The third-order valence-electron chi connectivity index (χ3n) is 6.65. The number of fused-ring (bicyclic) bond motifs is 7. The number of benzene rings is 5. The maximum atomic E-state index is 6.26. The molecular formula is C31H21NO. The third-order valence-corrected chi connectivity index (χ3v) is 6.65. The van der Waals surface area contributed by atoms with E-state index in [1.165, 1.54) is 49.6 Å². The molecule has 2 heterocycles. The molecular weight excluding hydrogens is 402 g/mol. The van der Waals surface area contributed by atoms with Gasteiger partial charge in [-0.05, 0) is 42.8 Å². The van der Waals surface area contributed by atoms with Gasteiger partial charge in [0.2, 0.25) is 0 Å². The van der Waals surface area contributed by atoms with Gasteiger partial charge in [0.25, 0.3) is 0 Å². The minimum absolute atomic E-state index is 0.917. The van der Waals surface area contributed by atoms with Crippen LogP contribution >= 0.6 is 0 Å². The maximum Gasteiger partial charge on any atom is 0.137 e. The Morgan fingerprint density at radius 3 is 2.30 bits per heavy atom. The minimum Gasteiger partial charge on any atom is -0.456 e. The highest BCUT2D eigenvalue weighted by molar-refractivity contribution is 6.24. The van der Waals surface area contributed by atoms with Crippen molar-refractivity contribution in [2.24, 2.45) is 0 Å². The first-order chi connectivity index (χ1) is 16.3. The van der Waals surface area contributed by atoms with E-state index in [0.717, 1.165) is 16.6 Å². The minimum atomic E-state index is 0.917. The molecule has 7 rings (SSSR count). The molecule has 0 aliphatic rings. The molecule has 0 radical (unpaired) electrons. The second-order valence-electron chi connectivity index (χ2n) is 8.67. The van der Waals surface area contributed by atoms with Crippen molar-refractivity contribution in [3.05, 3.63) is 115 Å². The molecule has 0 atom stereocenters. The van der Waals surface area contributed by atoms with E-state index in [9.17, 15) is 0 Å². The van der Waals surface area contributed by atoms with Gasteiger partial charge in [-0.25, -0.2) is 0 Å². The summed E-state index contributed by atoms with van der Waals surface area (Å²) in [5.41, 5.74) is 9.10. The standard InChI is InChI=1S/C31H21NO/c1-20-9-8-10-21(19-20)22-11-2-5-14-26(22)32-27-15-6-3-12-23(27)24-17-18-29-30(31(24)32)25-13-4-7-16-28(25)33-29/h2-19H,1H3. The van der Waals surface area contributed by atoms with Crippen LogP contribution in [0.25, 0.3) is 60.6 Å². The topological polar surface area (TPSA) is 18.1 Å². The molecule has 7 aromatic rings. The molecule has 0 saturated heterocycles. The summed E-state index contributed by atoms with van der Waals surface area (Å²) in [6.45, 7) is 2.15. The Morgan fingerprint density at radius 2 is 1.39 bits per heavy atom. The van der Waals surface area contributed by atoms with Crippen molar-refractivity contribution in [2.45, 2.75) is 6.92 Å². The summed E-state index contributed by atoms with van der Waals surface area (Å²) in [6.07, 6.45) is 0. The van der Waals surface area contributed by atoms with E-state index in [1.807, 2.05) is 6.07 Å². The Morgan fingerprint density at radius 1 is 0.606 bits per heavy atom. The molecule has 0 saturated carbocycles. The van der Waals surface area contributed by atoms with Crippen molar-refractivity contribution in [2.75, 3.05) is 0 Å². The predicted molar refractivity (Wildman–Crippen MR) is 138 cm³/mol. The van der Waals surface area contributed by atoms with E-state index in [4.69, 9.17) is 4.42 Å². The van der Waals surface area contributed by atoms with Gasteiger partial charge in [0.1, 0.15) is 11.2 Å². The van der Waals surface area contributed by atoms with Crippen LogP contribution < -0.4 is 0 Å². The van der Waals surface area contributed by atoms with E-state index >= 15 is 0 Å². The molecule has 33 heavy (non-hydrogen) atoms. The van der Waals surface area contributed by atoms with E-state index in [1.54, 1.807) is 0 Å². The van der Waals surface area contributed by atoms with E-state index < -0.39 is 0 Å². The van der Waals surface area contributed by atoms with Crippen molar-refractivity contribution in [3.63, 3.8) is 0 Å². The Labute approximate surface area is 191 Å². The van der Waals surface area contributed by atoms with Crippen molar-refractivity contribution in [1.29, 1.82) is 0 Å². The monoisotopic (exact) mass is 423 g/mol. The van der Waals surface area contributed by atoms with Gasteiger partial charge in [0.15, 0.2) is 0 Å². The molecule has 0 aliphatic carbocycles. The van der Waals surface area contributed by atoms with Gasteiger partial charge in [-0.2, -0.15) is 0 Å². The highest BCUT2D eigenvalue weighted by Crippen LogP contribution is 2.42. The average Bonchev–Trinajstić information content (AvgIpc) is 3.39. The second kappa shape index (κ2) is 6.85. The fourth-order valence-corrected chi connectivity index (χ4v) is 5.24. The summed E-state index contributed by atoms with van der Waals surface area (Å²) >= 11 is 0. The van der Waals surface area contributed by atoms with Crippen LogP contribution in [0.1, 0.15) is 5.56 Å². The van der Waals surface area contributed by atoms with Crippen molar-refractivity contribution in [1.82, 2.24) is 4.57 Å². The lowest BCUT2D eigenvalue weighted by Crippen LogP contribution is -1.97. The molecule has 156 valence electrons. The van der Waals surface area contributed by atoms with Gasteiger partial charge in [-0.3, -0.25) is 0 Å². The van der Waals surface area contributed by atoms with Crippen LogP contribution in [0.4, 0.5) is 0 Å². The Balaban J connectivity index is 1.71. The smallest absolute Gasteiger partial charge is 0.137 e. The predicted octanol–water partition coefficient (Wildman–Crippen LogP) is 8.66. The van der Waals surface area contributed by atoms with E-state index in [-0.39, 0.29) is 0 Å². The first-order valence-electron chi connectivity index (χ1n) is 11.3. The van der Waals surface area contributed by atoms with Crippen LogP contribution in [0.2, 0.25) is 0 Å².